The van der Waals surface area contributed by atoms with Gasteiger partial charge in [-0.1, -0.05) is 0 Å². The predicted octanol–water partition coefficient (Wildman–Crippen LogP) is 2.18. The molecule has 0 amide bonds. The molecule has 0 aromatic heterocycles. The van der Waals surface area contributed by atoms with Crippen molar-refractivity contribution in [3.05, 3.63) is 0 Å². The molecule has 8 nitrogen and oxygen atoms in total. The van der Waals surface area contributed by atoms with E-state index in [-0.39, 0.29) is 25.7 Å². The summed E-state index contributed by atoms with van der Waals surface area (Å²) in [6.45, 7) is -0.850. The SMILES string of the molecule is COC(=O)CC[C@H]1C[C@]2(COS(=O)(=O)C(F)(F)F)O[C@@H](CCC#N)CC[C@@H]2O1. The second kappa shape index (κ2) is 8.94. The molecular formula is C16H22F3NO7S. The van der Waals surface area contributed by atoms with Crippen LogP contribution in [0.5, 0.6) is 0 Å². The number of esters is 1. The van der Waals surface area contributed by atoms with Gasteiger partial charge in [-0.25, -0.2) is 0 Å². The molecule has 2 heterocycles. The Balaban J connectivity index is 2.13. The first-order valence-corrected chi connectivity index (χ1v) is 10.2. The maximum absolute atomic E-state index is 12.6. The van der Waals surface area contributed by atoms with Crippen molar-refractivity contribution in [2.45, 2.75) is 74.4 Å². The lowest BCUT2D eigenvalue weighted by Gasteiger charge is -2.41. The van der Waals surface area contributed by atoms with E-state index in [2.05, 4.69) is 8.92 Å². The Morgan fingerprint density at radius 1 is 1.29 bits per heavy atom. The number of hydrogen-bond donors (Lipinski definition) is 0. The fraction of sp³-hybridized carbons (Fsp3) is 0.875. The van der Waals surface area contributed by atoms with Gasteiger partial charge in [0.15, 0.2) is 0 Å². The van der Waals surface area contributed by atoms with Crippen LogP contribution in [0.4, 0.5) is 13.2 Å². The average Bonchev–Trinajstić information content (AvgIpc) is 3.00. The van der Waals surface area contributed by atoms with Gasteiger partial charge in [0.1, 0.15) is 5.60 Å². The molecule has 160 valence electrons. The third kappa shape index (κ3) is 5.34. The summed E-state index contributed by atoms with van der Waals surface area (Å²) in [5.41, 5.74) is -6.94. The molecule has 0 radical (unpaired) electrons. The van der Waals surface area contributed by atoms with Crippen molar-refractivity contribution >= 4 is 16.1 Å². The van der Waals surface area contributed by atoms with E-state index in [1.54, 1.807) is 0 Å². The summed E-state index contributed by atoms with van der Waals surface area (Å²) >= 11 is 0. The first-order chi connectivity index (χ1) is 13.0. The van der Waals surface area contributed by atoms with Crippen LogP contribution < -0.4 is 0 Å². The van der Waals surface area contributed by atoms with Crippen molar-refractivity contribution < 1.29 is 44.8 Å². The van der Waals surface area contributed by atoms with Gasteiger partial charge in [0.25, 0.3) is 0 Å². The summed E-state index contributed by atoms with van der Waals surface area (Å²) < 4.78 is 81.1. The van der Waals surface area contributed by atoms with Crippen molar-refractivity contribution in [1.82, 2.24) is 0 Å². The van der Waals surface area contributed by atoms with Gasteiger partial charge < -0.3 is 14.2 Å². The summed E-state index contributed by atoms with van der Waals surface area (Å²) in [4.78, 5) is 11.3. The van der Waals surface area contributed by atoms with Crippen LogP contribution in [0.15, 0.2) is 0 Å². The summed E-state index contributed by atoms with van der Waals surface area (Å²) in [5.74, 6) is -0.462. The number of rotatable bonds is 8. The molecule has 0 N–H and O–H groups in total. The fourth-order valence-electron chi connectivity index (χ4n) is 3.51. The molecule has 0 aromatic rings. The van der Waals surface area contributed by atoms with Crippen LogP contribution in [0.1, 0.15) is 44.9 Å². The molecule has 0 saturated carbocycles. The third-order valence-electron chi connectivity index (χ3n) is 4.89. The molecule has 0 aromatic carbocycles. The molecule has 2 fully saturated rings. The van der Waals surface area contributed by atoms with Gasteiger partial charge >= 0.3 is 21.6 Å². The van der Waals surface area contributed by atoms with E-state index < -0.39 is 52.1 Å². The second-order valence-corrected chi connectivity index (χ2v) is 8.41. The molecule has 4 atom stereocenters. The summed E-state index contributed by atoms with van der Waals surface area (Å²) in [6.07, 6.45) is 0.259. The first-order valence-electron chi connectivity index (χ1n) is 8.76. The molecule has 2 aliphatic rings. The predicted molar refractivity (Wildman–Crippen MR) is 87.1 cm³/mol. The number of fused-ring (bicyclic) bond motifs is 1. The molecule has 28 heavy (non-hydrogen) atoms. The molecule has 0 unspecified atom stereocenters. The zero-order chi connectivity index (χ0) is 21.0. The van der Waals surface area contributed by atoms with E-state index >= 15 is 0 Å². The van der Waals surface area contributed by atoms with E-state index in [1.165, 1.54) is 7.11 Å². The van der Waals surface area contributed by atoms with Crippen LogP contribution in [0, 0.1) is 11.3 Å². The van der Waals surface area contributed by atoms with Crippen LogP contribution >= 0.6 is 0 Å². The van der Waals surface area contributed by atoms with Crippen molar-refractivity contribution in [3.63, 3.8) is 0 Å². The topological polar surface area (TPSA) is 112 Å². The minimum atomic E-state index is -5.78. The Kier molecular flexibility index (Phi) is 7.30. The van der Waals surface area contributed by atoms with Gasteiger partial charge in [0.2, 0.25) is 0 Å². The van der Waals surface area contributed by atoms with Crippen LogP contribution in [0.3, 0.4) is 0 Å². The van der Waals surface area contributed by atoms with E-state index in [1.807, 2.05) is 6.07 Å². The quantitative estimate of drug-likeness (QED) is 0.328. The van der Waals surface area contributed by atoms with Crippen molar-refractivity contribution in [2.24, 2.45) is 0 Å². The van der Waals surface area contributed by atoms with Gasteiger partial charge in [0, 0.05) is 19.3 Å². The fourth-order valence-corrected chi connectivity index (χ4v) is 4.00. The van der Waals surface area contributed by atoms with Crippen molar-refractivity contribution in [2.75, 3.05) is 13.7 Å². The number of carbonyl (C=O) groups is 1. The molecule has 2 saturated heterocycles. The number of hydrogen-bond acceptors (Lipinski definition) is 8. The highest BCUT2D eigenvalue weighted by Gasteiger charge is 2.56. The maximum atomic E-state index is 12.6. The van der Waals surface area contributed by atoms with Crippen molar-refractivity contribution in [3.8, 4) is 6.07 Å². The van der Waals surface area contributed by atoms with Gasteiger partial charge in [-0.05, 0) is 25.7 Å². The van der Waals surface area contributed by atoms with Gasteiger partial charge in [0.05, 0.1) is 38.1 Å². The molecule has 2 rings (SSSR count). The highest BCUT2D eigenvalue weighted by Crippen LogP contribution is 2.44. The number of nitriles is 1. The minimum absolute atomic E-state index is 0.0452. The number of ether oxygens (including phenoxy) is 3. The molecule has 0 bridgehead atoms. The van der Waals surface area contributed by atoms with E-state index in [0.29, 0.717) is 19.3 Å². The maximum Gasteiger partial charge on any atom is 0.523 e. The van der Waals surface area contributed by atoms with E-state index in [9.17, 15) is 26.4 Å². The lowest BCUT2D eigenvalue weighted by atomic mass is 9.86. The summed E-state index contributed by atoms with van der Waals surface area (Å²) in [7, 11) is -4.55. The highest BCUT2D eigenvalue weighted by atomic mass is 32.2. The van der Waals surface area contributed by atoms with E-state index in [4.69, 9.17) is 14.7 Å². The Bertz CT molecular complexity index is 706. The Morgan fingerprint density at radius 3 is 2.61 bits per heavy atom. The Hall–Kier alpha value is -1.42. The zero-order valence-corrected chi connectivity index (χ0v) is 16.1. The normalized spacial score (nSPS) is 30.5. The molecule has 0 aliphatic carbocycles. The Labute approximate surface area is 161 Å². The van der Waals surface area contributed by atoms with Gasteiger partial charge in [-0.15, -0.1) is 0 Å². The monoisotopic (exact) mass is 429 g/mol. The summed E-state index contributed by atoms with van der Waals surface area (Å²) in [6, 6.07) is 1.97. The van der Waals surface area contributed by atoms with Gasteiger partial charge in [-0.3, -0.25) is 8.98 Å². The average molecular weight is 429 g/mol. The number of alkyl halides is 3. The first kappa shape index (κ1) is 22.9. The molecule has 0 spiro atoms. The molecule has 2 aliphatic heterocycles. The summed E-state index contributed by atoms with van der Waals surface area (Å²) in [5, 5.41) is 8.73. The lowest BCUT2D eigenvalue weighted by Crippen LogP contribution is -2.52. The minimum Gasteiger partial charge on any atom is -0.469 e. The second-order valence-electron chi connectivity index (χ2n) is 6.81. The van der Waals surface area contributed by atoms with Crippen LogP contribution in [0.2, 0.25) is 0 Å². The molecule has 12 heteroatoms. The third-order valence-corrected chi connectivity index (χ3v) is 5.88. The molecular weight excluding hydrogens is 407 g/mol. The lowest BCUT2D eigenvalue weighted by molar-refractivity contribution is -0.181. The Morgan fingerprint density at radius 2 is 2.00 bits per heavy atom. The van der Waals surface area contributed by atoms with Crippen LogP contribution in [0.25, 0.3) is 0 Å². The standard InChI is InChI=1S/C16H22F3NO7S/c1-24-14(21)7-5-12-9-15(10-25-28(22,23)16(17,18)19)13(26-12)6-4-11(27-15)3-2-8-20/h11-13H,2-7,9-10H2,1H3/t11-,12-,13-,15+/m0/s1. The zero-order valence-electron chi connectivity index (χ0n) is 15.2. The smallest absolute Gasteiger partial charge is 0.469 e. The largest absolute Gasteiger partial charge is 0.523 e. The number of carbonyl (C=O) groups excluding carboxylic acids is 1. The van der Waals surface area contributed by atoms with Crippen molar-refractivity contribution in [1.29, 1.82) is 5.26 Å². The van der Waals surface area contributed by atoms with E-state index in [0.717, 1.165) is 0 Å². The number of methoxy groups -OCH3 is 1. The highest BCUT2D eigenvalue weighted by molar-refractivity contribution is 7.87. The van der Waals surface area contributed by atoms with Gasteiger partial charge in [-0.2, -0.15) is 26.9 Å². The number of nitrogens with zero attached hydrogens (tertiary/aromatic N) is 1. The number of halogens is 3. The van der Waals surface area contributed by atoms with Crippen LogP contribution in [-0.2, 0) is 33.3 Å². The van der Waals surface area contributed by atoms with Crippen LogP contribution in [-0.4, -0.2) is 57.5 Å².